The first-order chi connectivity index (χ1) is 6.80. The van der Waals surface area contributed by atoms with E-state index in [1.165, 1.54) is 11.3 Å². The Morgan fingerprint density at radius 3 is 2.60 bits per heavy atom. The Morgan fingerprint density at radius 2 is 2.20 bits per heavy atom. The van der Waals surface area contributed by atoms with Crippen LogP contribution in [-0.2, 0) is 11.0 Å². The molecule has 15 heavy (non-hydrogen) atoms. The smallest absolute Gasteiger partial charge is 0.159 e. The van der Waals surface area contributed by atoms with Crippen molar-refractivity contribution < 1.29 is 4.21 Å². The lowest BCUT2D eigenvalue weighted by Gasteiger charge is -2.13. The largest absolute Gasteiger partial charge is 0.237 e. The quantitative estimate of drug-likeness (QED) is 0.787. The van der Waals surface area contributed by atoms with E-state index in [1.807, 2.05) is 27.7 Å². The van der Waals surface area contributed by atoms with Crippen LogP contribution in [0.4, 0.5) is 0 Å². The topological polar surface area (TPSA) is 42.3 Å². The van der Waals surface area contributed by atoms with Crippen molar-refractivity contribution >= 4 is 44.0 Å². The maximum absolute atomic E-state index is 11.8. The molecule has 0 bridgehead atoms. The standard InChI is InChI=1S/C9H13BrN2OS2/c1-6(7-5-11-8(10)14-7)12-15(13)9(2,3)4/h5H,1-4H3/b12-6+/t15-/m1/s1. The summed E-state index contributed by atoms with van der Waals surface area (Å²) in [6.07, 6.45) is 1.73. The molecule has 1 heterocycles. The van der Waals surface area contributed by atoms with Crippen molar-refractivity contribution in [3.63, 3.8) is 0 Å². The third-order valence-corrected chi connectivity index (χ3v) is 4.65. The molecule has 0 aliphatic heterocycles. The van der Waals surface area contributed by atoms with E-state index in [1.54, 1.807) is 6.20 Å². The van der Waals surface area contributed by atoms with Crippen LogP contribution in [-0.4, -0.2) is 19.7 Å². The van der Waals surface area contributed by atoms with Crippen molar-refractivity contribution in [3.8, 4) is 0 Å². The van der Waals surface area contributed by atoms with Gasteiger partial charge < -0.3 is 0 Å². The second kappa shape index (κ2) is 4.84. The van der Waals surface area contributed by atoms with Crippen molar-refractivity contribution in [3.05, 3.63) is 15.0 Å². The number of hydrogen-bond acceptors (Lipinski definition) is 3. The average molecular weight is 309 g/mol. The van der Waals surface area contributed by atoms with E-state index in [0.717, 1.165) is 14.5 Å². The summed E-state index contributed by atoms with van der Waals surface area (Å²) in [7, 11) is -1.21. The van der Waals surface area contributed by atoms with E-state index in [9.17, 15) is 4.21 Å². The summed E-state index contributed by atoms with van der Waals surface area (Å²) in [5, 5.41) is 0. The van der Waals surface area contributed by atoms with Crippen LogP contribution in [0.1, 0.15) is 32.6 Å². The Labute approximate surface area is 105 Å². The summed E-state index contributed by atoms with van der Waals surface area (Å²) in [5.74, 6) is 0. The summed E-state index contributed by atoms with van der Waals surface area (Å²) in [6.45, 7) is 7.57. The predicted octanol–water partition coefficient (Wildman–Crippen LogP) is 3.18. The molecule has 0 aromatic carbocycles. The van der Waals surface area contributed by atoms with E-state index in [2.05, 4.69) is 25.3 Å². The minimum atomic E-state index is -1.21. The van der Waals surface area contributed by atoms with Gasteiger partial charge in [0.25, 0.3) is 0 Å². The molecule has 84 valence electrons. The van der Waals surface area contributed by atoms with E-state index in [4.69, 9.17) is 0 Å². The Morgan fingerprint density at radius 1 is 1.60 bits per heavy atom. The third kappa shape index (κ3) is 3.77. The fourth-order valence-corrected chi connectivity index (χ4v) is 2.62. The summed E-state index contributed by atoms with van der Waals surface area (Å²) < 4.78 is 16.4. The molecule has 1 rings (SSSR count). The number of nitrogens with zero attached hydrogens (tertiary/aromatic N) is 2. The molecule has 0 N–H and O–H groups in total. The van der Waals surface area contributed by atoms with Gasteiger partial charge in [-0.1, -0.05) is 0 Å². The molecule has 0 saturated carbocycles. The van der Waals surface area contributed by atoms with Crippen LogP contribution < -0.4 is 0 Å². The van der Waals surface area contributed by atoms with Crippen molar-refractivity contribution in [2.75, 3.05) is 0 Å². The van der Waals surface area contributed by atoms with Crippen molar-refractivity contribution in [1.82, 2.24) is 4.98 Å². The highest BCUT2D eigenvalue weighted by atomic mass is 79.9. The monoisotopic (exact) mass is 308 g/mol. The van der Waals surface area contributed by atoms with Crippen molar-refractivity contribution in [1.29, 1.82) is 0 Å². The molecule has 1 aromatic rings. The lowest BCUT2D eigenvalue weighted by atomic mass is 10.3. The molecule has 0 spiro atoms. The second-order valence-corrected chi connectivity index (χ2v) is 8.23. The third-order valence-electron chi connectivity index (χ3n) is 1.58. The van der Waals surface area contributed by atoms with Gasteiger partial charge in [0.1, 0.15) is 11.0 Å². The van der Waals surface area contributed by atoms with E-state index < -0.39 is 11.0 Å². The summed E-state index contributed by atoms with van der Waals surface area (Å²) >= 11 is 4.77. The Bertz CT molecular complexity index is 406. The molecule has 0 unspecified atom stereocenters. The minimum absolute atomic E-state index is 0.316. The zero-order chi connectivity index (χ0) is 11.6. The zero-order valence-corrected chi connectivity index (χ0v) is 12.3. The molecular formula is C9H13BrN2OS2. The maximum Gasteiger partial charge on any atom is 0.159 e. The van der Waals surface area contributed by atoms with E-state index >= 15 is 0 Å². The molecule has 1 atom stereocenters. The van der Waals surface area contributed by atoms with Gasteiger partial charge in [0.2, 0.25) is 0 Å². The van der Waals surface area contributed by atoms with Crippen LogP contribution in [0.25, 0.3) is 0 Å². The molecule has 0 aliphatic carbocycles. The molecule has 6 heteroatoms. The minimum Gasteiger partial charge on any atom is -0.237 e. The first-order valence-electron chi connectivity index (χ1n) is 4.39. The number of halogens is 1. The van der Waals surface area contributed by atoms with Crippen LogP contribution in [0.3, 0.4) is 0 Å². The van der Waals surface area contributed by atoms with Crippen molar-refractivity contribution in [2.45, 2.75) is 32.4 Å². The molecule has 0 amide bonds. The molecule has 1 aromatic heterocycles. The van der Waals surface area contributed by atoms with Crippen LogP contribution in [0.5, 0.6) is 0 Å². The van der Waals surface area contributed by atoms with Crippen LogP contribution in [0.2, 0.25) is 0 Å². The van der Waals surface area contributed by atoms with E-state index in [-0.39, 0.29) is 4.75 Å². The highest BCUT2D eigenvalue weighted by Crippen LogP contribution is 2.20. The lowest BCUT2D eigenvalue weighted by molar-refractivity contribution is 0.650. The lowest BCUT2D eigenvalue weighted by Crippen LogP contribution is -2.20. The highest BCUT2D eigenvalue weighted by Gasteiger charge is 2.19. The van der Waals surface area contributed by atoms with Gasteiger partial charge in [-0.05, 0) is 43.6 Å². The normalized spacial score (nSPS) is 15.4. The molecule has 0 fully saturated rings. The van der Waals surface area contributed by atoms with Gasteiger partial charge in [-0.3, -0.25) is 0 Å². The highest BCUT2D eigenvalue weighted by molar-refractivity contribution is 9.11. The fourth-order valence-electron chi connectivity index (χ4n) is 0.726. The number of hydrogen-bond donors (Lipinski definition) is 0. The predicted molar refractivity (Wildman–Crippen MR) is 69.9 cm³/mol. The van der Waals surface area contributed by atoms with Crippen LogP contribution in [0.15, 0.2) is 14.5 Å². The van der Waals surface area contributed by atoms with Crippen LogP contribution >= 0.6 is 27.3 Å². The van der Waals surface area contributed by atoms with Gasteiger partial charge in [0.05, 0.1) is 15.3 Å². The Balaban J connectivity index is 2.90. The van der Waals surface area contributed by atoms with Crippen molar-refractivity contribution in [2.24, 2.45) is 4.40 Å². The SMILES string of the molecule is C/C(=N\[S@](=O)C(C)(C)C)c1cnc(Br)s1. The molecular weight excluding hydrogens is 296 g/mol. The molecule has 0 radical (unpaired) electrons. The van der Waals surface area contributed by atoms with Gasteiger partial charge in [-0.2, -0.15) is 4.40 Å². The zero-order valence-electron chi connectivity index (χ0n) is 9.07. The molecule has 0 saturated heterocycles. The maximum atomic E-state index is 11.8. The number of rotatable bonds is 2. The fraction of sp³-hybridized carbons (Fsp3) is 0.556. The number of thiazole rings is 1. The van der Waals surface area contributed by atoms with E-state index in [0.29, 0.717) is 0 Å². The number of aromatic nitrogens is 1. The summed E-state index contributed by atoms with van der Waals surface area (Å²) in [5.41, 5.74) is 0.770. The van der Waals surface area contributed by atoms with Crippen LogP contribution in [0, 0.1) is 0 Å². The first kappa shape index (κ1) is 13.0. The second-order valence-electron chi connectivity index (χ2n) is 4.02. The van der Waals surface area contributed by atoms with Gasteiger partial charge in [-0.25, -0.2) is 9.19 Å². The van der Waals surface area contributed by atoms with Gasteiger partial charge in [0.15, 0.2) is 3.92 Å². The average Bonchev–Trinajstić information content (AvgIpc) is 2.50. The summed E-state index contributed by atoms with van der Waals surface area (Å²) in [6, 6.07) is 0. The van der Waals surface area contributed by atoms with Gasteiger partial charge in [0, 0.05) is 6.20 Å². The van der Waals surface area contributed by atoms with Gasteiger partial charge in [-0.15, -0.1) is 11.3 Å². The Hall–Kier alpha value is -0.0700. The first-order valence-corrected chi connectivity index (χ1v) is 7.11. The molecule has 3 nitrogen and oxygen atoms in total. The summed E-state index contributed by atoms with van der Waals surface area (Å²) in [4.78, 5) is 5.01. The van der Waals surface area contributed by atoms with Gasteiger partial charge >= 0.3 is 0 Å². The molecule has 0 aliphatic rings. The Kier molecular flexibility index (Phi) is 4.20.